The molecule has 7 nitrogen and oxygen atoms in total. The quantitative estimate of drug-likeness (QED) is 0.435. The zero-order valence-electron chi connectivity index (χ0n) is 17.5. The van der Waals surface area contributed by atoms with Crippen LogP contribution in [0.1, 0.15) is 46.8 Å². The Morgan fingerprint density at radius 3 is 2.55 bits per heavy atom. The lowest BCUT2D eigenvalue weighted by Crippen LogP contribution is -2.19. The van der Waals surface area contributed by atoms with Crippen molar-refractivity contribution in [2.24, 2.45) is 0 Å². The molecule has 3 aromatic rings. The van der Waals surface area contributed by atoms with Crippen LogP contribution in [0, 0.1) is 6.92 Å². The van der Waals surface area contributed by atoms with E-state index in [0.717, 1.165) is 17.2 Å². The Labute approximate surface area is 185 Å². The van der Waals surface area contributed by atoms with Crippen molar-refractivity contribution in [1.29, 1.82) is 0 Å². The summed E-state index contributed by atoms with van der Waals surface area (Å²) >= 11 is 6.08. The lowest BCUT2D eigenvalue weighted by Gasteiger charge is -2.13. The number of hydrogen-bond acceptors (Lipinski definition) is 6. The molecule has 0 amide bonds. The highest BCUT2D eigenvalue weighted by molar-refractivity contribution is 7.89. The molecular formula is C22H22ClNO6S. The number of carbonyl (C=O) groups is 1. The largest absolute Gasteiger partial charge is 0.457 e. The number of carbonyl (C=O) groups excluding carboxylic acids is 1. The second-order valence-corrected chi connectivity index (χ2v) is 9.67. The zero-order chi connectivity index (χ0) is 22.9. The van der Waals surface area contributed by atoms with Crippen molar-refractivity contribution in [3.8, 4) is 0 Å². The lowest BCUT2D eigenvalue weighted by molar-refractivity contribution is 0.0473. The van der Waals surface area contributed by atoms with Crippen LogP contribution < -0.4 is 10.3 Å². The minimum Gasteiger partial charge on any atom is -0.457 e. The molecule has 2 aromatic carbocycles. The Hall–Kier alpha value is -2.68. The molecule has 1 N–H and O–H groups in total. The van der Waals surface area contributed by atoms with Gasteiger partial charge in [-0.25, -0.2) is 22.7 Å². The van der Waals surface area contributed by atoms with Crippen molar-refractivity contribution in [2.75, 3.05) is 7.05 Å². The fourth-order valence-corrected chi connectivity index (χ4v) is 4.25. The molecule has 1 aromatic heterocycles. The second-order valence-electron chi connectivity index (χ2n) is 7.38. The maximum Gasteiger partial charge on any atom is 0.340 e. The highest BCUT2D eigenvalue weighted by Crippen LogP contribution is 2.28. The van der Waals surface area contributed by atoms with Gasteiger partial charge in [0.2, 0.25) is 10.0 Å². The molecule has 0 aliphatic heterocycles. The van der Waals surface area contributed by atoms with Gasteiger partial charge < -0.3 is 9.15 Å². The number of sulfonamides is 1. The van der Waals surface area contributed by atoms with Crippen LogP contribution in [0.2, 0.25) is 5.02 Å². The van der Waals surface area contributed by atoms with Gasteiger partial charge in [-0.05, 0) is 61.3 Å². The van der Waals surface area contributed by atoms with Gasteiger partial charge >= 0.3 is 11.6 Å². The Bertz CT molecular complexity index is 1330. The molecule has 0 radical (unpaired) electrons. The third-order valence-corrected chi connectivity index (χ3v) is 6.68. The molecule has 1 heterocycles. The van der Waals surface area contributed by atoms with Crippen molar-refractivity contribution >= 4 is 38.6 Å². The third kappa shape index (κ3) is 4.81. The number of rotatable bonds is 6. The first kappa shape index (κ1) is 23.0. The molecule has 3 rings (SSSR count). The number of nitrogens with one attached hydrogen (secondary N) is 1. The van der Waals surface area contributed by atoms with E-state index in [9.17, 15) is 18.0 Å². The van der Waals surface area contributed by atoms with E-state index in [4.69, 9.17) is 20.8 Å². The average Bonchev–Trinajstić information content (AvgIpc) is 2.71. The normalized spacial score (nSPS) is 11.8. The summed E-state index contributed by atoms with van der Waals surface area (Å²) in [5.74, 6) is -0.557. The van der Waals surface area contributed by atoms with Gasteiger partial charge in [0.05, 0.1) is 15.5 Å². The minimum absolute atomic E-state index is 0.0511. The van der Waals surface area contributed by atoms with Crippen LogP contribution in [0.3, 0.4) is 0 Å². The van der Waals surface area contributed by atoms with Crippen LogP contribution in [0.5, 0.6) is 0 Å². The molecule has 164 valence electrons. The molecule has 0 bridgehead atoms. The van der Waals surface area contributed by atoms with Gasteiger partial charge in [-0.2, -0.15) is 0 Å². The molecule has 0 spiro atoms. The topological polar surface area (TPSA) is 103 Å². The van der Waals surface area contributed by atoms with E-state index in [1.165, 1.54) is 25.2 Å². The molecule has 0 aliphatic carbocycles. The number of aryl methyl sites for hydroxylation is 1. The summed E-state index contributed by atoms with van der Waals surface area (Å²) in [5, 5.41) is 0.717. The summed E-state index contributed by atoms with van der Waals surface area (Å²) in [6.45, 7) is 5.85. The second kappa shape index (κ2) is 8.82. The Balaban J connectivity index is 1.96. The Kier molecular flexibility index (Phi) is 6.54. The van der Waals surface area contributed by atoms with Gasteiger partial charge in [0.25, 0.3) is 0 Å². The van der Waals surface area contributed by atoms with E-state index >= 15 is 0 Å². The van der Waals surface area contributed by atoms with Crippen LogP contribution in [0.15, 0.2) is 50.5 Å². The average molecular weight is 464 g/mol. The lowest BCUT2D eigenvalue weighted by atomic mass is 9.95. The summed E-state index contributed by atoms with van der Waals surface area (Å²) in [6.07, 6.45) is 0. The van der Waals surface area contributed by atoms with Crippen molar-refractivity contribution in [3.63, 3.8) is 0 Å². The summed E-state index contributed by atoms with van der Waals surface area (Å²) in [5.41, 5.74) is 2.31. The van der Waals surface area contributed by atoms with Gasteiger partial charge in [0.1, 0.15) is 12.2 Å². The molecule has 0 saturated heterocycles. The highest BCUT2D eigenvalue weighted by Gasteiger charge is 2.19. The van der Waals surface area contributed by atoms with Gasteiger partial charge in [0.15, 0.2) is 0 Å². The standard InChI is InChI=1S/C22H22ClNO6S/c1-12(2)16-10-17-14(8-21(25)30-20(17)7-13(16)3)11-29-22(26)18-9-15(5-6-19(18)23)31(27,28)24-4/h5-10,12,24H,11H2,1-4H3. The number of ether oxygens (including phenoxy) is 1. The van der Waals surface area contributed by atoms with Crippen molar-refractivity contribution in [3.05, 3.63) is 74.1 Å². The predicted molar refractivity (Wildman–Crippen MR) is 118 cm³/mol. The first-order chi connectivity index (χ1) is 14.5. The monoisotopic (exact) mass is 463 g/mol. The van der Waals surface area contributed by atoms with Crippen LogP contribution >= 0.6 is 11.6 Å². The van der Waals surface area contributed by atoms with Gasteiger partial charge in [-0.1, -0.05) is 25.4 Å². The first-order valence-corrected chi connectivity index (χ1v) is 11.4. The van der Waals surface area contributed by atoms with Gasteiger partial charge in [0, 0.05) is 17.0 Å². The summed E-state index contributed by atoms with van der Waals surface area (Å²) in [7, 11) is -2.49. The van der Waals surface area contributed by atoms with E-state index in [1.807, 2.05) is 13.0 Å². The highest BCUT2D eigenvalue weighted by atomic mass is 35.5. The minimum atomic E-state index is -3.76. The fraction of sp³-hybridized carbons (Fsp3) is 0.273. The van der Waals surface area contributed by atoms with Crippen LogP contribution in [0.25, 0.3) is 11.0 Å². The SMILES string of the molecule is CNS(=O)(=O)c1ccc(Cl)c(C(=O)OCc2cc(=O)oc3cc(C)c(C(C)C)cc23)c1. The number of esters is 1. The predicted octanol–water partition coefficient (Wildman–Crippen LogP) is 4.14. The molecule has 31 heavy (non-hydrogen) atoms. The molecule has 0 saturated carbocycles. The number of fused-ring (bicyclic) bond motifs is 1. The summed E-state index contributed by atoms with van der Waals surface area (Å²) in [4.78, 5) is 24.5. The number of halogens is 1. The van der Waals surface area contributed by atoms with E-state index in [2.05, 4.69) is 18.6 Å². The first-order valence-electron chi connectivity index (χ1n) is 9.51. The zero-order valence-corrected chi connectivity index (χ0v) is 19.1. The molecule has 0 atom stereocenters. The fourth-order valence-electron chi connectivity index (χ4n) is 3.30. The van der Waals surface area contributed by atoms with E-state index < -0.39 is 21.6 Å². The molecule has 0 unspecified atom stereocenters. The smallest absolute Gasteiger partial charge is 0.340 e. The maximum absolute atomic E-state index is 12.6. The molecular weight excluding hydrogens is 442 g/mol. The Morgan fingerprint density at radius 1 is 1.19 bits per heavy atom. The molecule has 0 aliphatic rings. The molecule has 9 heteroatoms. The molecule has 0 fully saturated rings. The van der Waals surface area contributed by atoms with Gasteiger partial charge in [-0.15, -0.1) is 0 Å². The number of hydrogen-bond donors (Lipinski definition) is 1. The van der Waals surface area contributed by atoms with E-state index in [-0.39, 0.29) is 28.0 Å². The van der Waals surface area contributed by atoms with E-state index in [1.54, 1.807) is 6.07 Å². The van der Waals surface area contributed by atoms with Crippen molar-refractivity contribution < 1.29 is 22.4 Å². The third-order valence-electron chi connectivity index (χ3n) is 4.93. The van der Waals surface area contributed by atoms with E-state index in [0.29, 0.717) is 16.5 Å². The van der Waals surface area contributed by atoms with Crippen LogP contribution in [-0.2, 0) is 21.4 Å². The van der Waals surface area contributed by atoms with Crippen molar-refractivity contribution in [2.45, 2.75) is 38.2 Å². The summed E-state index contributed by atoms with van der Waals surface area (Å²) < 4.78 is 36.9. The summed E-state index contributed by atoms with van der Waals surface area (Å²) in [6, 6.07) is 8.74. The van der Waals surface area contributed by atoms with Crippen LogP contribution in [-0.4, -0.2) is 21.4 Å². The Morgan fingerprint density at radius 2 is 1.90 bits per heavy atom. The van der Waals surface area contributed by atoms with Crippen molar-refractivity contribution in [1.82, 2.24) is 4.72 Å². The van der Waals surface area contributed by atoms with Crippen LogP contribution in [0.4, 0.5) is 0 Å². The van der Waals surface area contributed by atoms with Gasteiger partial charge in [-0.3, -0.25) is 0 Å². The number of benzene rings is 2. The maximum atomic E-state index is 12.6.